The zero-order valence-electron chi connectivity index (χ0n) is 18.2. The Hall–Kier alpha value is -3.95. The molecule has 0 aliphatic carbocycles. The summed E-state index contributed by atoms with van der Waals surface area (Å²) in [6.07, 6.45) is -0.198. The molecular weight excluding hydrogens is 432 g/mol. The first-order valence-corrected chi connectivity index (χ1v) is 10.4. The number of hydrogen-bond donors (Lipinski definition) is 2. The van der Waals surface area contributed by atoms with Gasteiger partial charge in [0.15, 0.2) is 36.2 Å². The van der Waals surface area contributed by atoms with Crippen LogP contribution in [0.2, 0.25) is 0 Å². The third kappa shape index (κ3) is 5.46. The van der Waals surface area contributed by atoms with Crippen LogP contribution in [0.1, 0.15) is 19.4 Å². The highest BCUT2D eigenvalue weighted by Gasteiger charge is 2.32. The molecule has 0 aromatic heterocycles. The number of carbonyl (C=O) groups excluding carboxylic acids is 3. The Morgan fingerprint density at radius 1 is 1.03 bits per heavy atom. The van der Waals surface area contributed by atoms with E-state index in [4.69, 9.17) is 23.7 Å². The van der Waals surface area contributed by atoms with Crippen LogP contribution < -0.4 is 29.8 Å². The van der Waals surface area contributed by atoms with E-state index in [1.807, 2.05) is 26.0 Å². The van der Waals surface area contributed by atoms with Gasteiger partial charge in [-0.15, -0.1) is 0 Å². The van der Waals surface area contributed by atoms with E-state index in [1.54, 1.807) is 30.3 Å². The van der Waals surface area contributed by atoms with Gasteiger partial charge in [0, 0.05) is 12.0 Å². The van der Waals surface area contributed by atoms with Crippen LogP contribution in [0, 0.1) is 0 Å². The molecule has 10 heteroatoms. The highest BCUT2D eigenvalue weighted by atomic mass is 16.6. The summed E-state index contributed by atoms with van der Waals surface area (Å²) in [5, 5.41) is 0. The van der Waals surface area contributed by atoms with Crippen molar-refractivity contribution in [3.8, 4) is 23.0 Å². The van der Waals surface area contributed by atoms with Crippen LogP contribution in [0.25, 0.3) is 0 Å². The molecule has 10 nitrogen and oxygen atoms in total. The lowest BCUT2D eigenvalue weighted by atomic mass is 10.0. The van der Waals surface area contributed by atoms with Crippen molar-refractivity contribution in [2.75, 3.05) is 19.8 Å². The number of esters is 1. The molecule has 0 saturated carbocycles. The fraction of sp³-hybridized carbons (Fsp3) is 0.348. The van der Waals surface area contributed by atoms with Crippen LogP contribution in [0.5, 0.6) is 23.0 Å². The summed E-state index contributed by atoms with van der Waals surface area (Å²) < 4.78 is 27.3. The van der Waals surface area contributed by atoms with E-state index in [2.05, 4.69) is 10.9 Å². The van der Waals surface area contributed by atoms with E-state index >= 15 is 0 Å². The molecule has 1 unspecified atom stereocenters. The normalized spacial score (nSPS) is 17.2. The maximum atomic E-state index is 12.2. The minimum absolute atomic E-state index is 0.00483. The molecule has 2 heterocycles. The van der Waals surface area contributed by atoms with Crippen LogP contribution in [0.3, 0.4) is 0 Å². The summed E-state index contributed by atoms with van der Waals surface area (Å²) in [7, 11) is 0. The lowest BCUT2D eigenvalue weighted by molar-refractivity contribution is -0.151. The second-order valence-corrected chi connectivity index (χ2v) is 8.13. The summed E-state index contributed by atoms with van der Waals surface area (Å²) in [6.45, 7) is 2.94. The molecule has 0 fully saturated rings. The first-order chi connectivity index (χ1) is 15.8. The SMILES string of the molecule is CC1(C)Cc2cccc(OCC(=O)OCC(=O)NNC(=O)C3COc4ccccc4O3)c2O1. The molecule has 4 rings (SSSR count). The number of hydrazine groups is 1. The minimum Gasteiger partial charge on any atom is -0.485 e. The zero-order chi connectivity index (χ0) is 23.4. The molecule has 0 spiro atoms. The maximum absolute atomic E-state index is 12.2. The van der Waals surface area contributed by atoms with Crippen LogP contribution in [0.15, 0.2) is 42.5 Å². The van der Waals surface area contributed by atoms with Crippen LogP contribution in [-0.4, -0.2) is 49.3 Å². The van der Waals surface area contributed by atoms with Crippen molar-refractivity contribution in [3.63, 3.8) is 0 Å². The molecule has 174 valence electrons. The average molecular weight is 456 g/mol. The predicted molar refractivity (Wildman–Crippen MR) is 114 cm³/mol. The Morgan fingerprint density at radius 2 is 1.82 bits per heavy atom. The Balaban J connectivity index is 1.17. The summed E-state index contributed by atoms with van der Waals surface area (Å²) in [6, 6.07) is 12.4. The van der Waals surface area contributed by atoms with Gasteiger partial charge < -0.3 is 23.7 Å². The van der Waals surface area contributed by atoms with E-state index < -0.39 is 37.1 Å². The van der Waals surface area contributed by atoms with E-state index in [0.29, 0.717) is 23.0 Å². The molecule has 2 N–H and O–H groups in total. The number of nitrogens with one attached hydrogen (secondary N) is 2. The van der Waals surface area contributed by atoms with Gasteiger partial charge in [-0.25, -0.2) is 4.79 Å². The number of benzene rings is 2. The van der Waals surface area contributed by atoms with Crippen molar-refractivity contribution >= 4 is 17.8 Å². The van der Waals surface area contributed by atoms with Crippen molar-refractivity contribution in [2.24, 2.45) is 0 Å². The third-order valence-corrected chi connectivity index (χ3v) is 4.89. The van der Waals surface area contributed by atoms with Crippen molar-refractivity contribution in [1.82, 2.24) is 10.9 Å². The minimum atomic E-state index is -0.934. The summed E-state index contributed by atoms with van der Waals surface area (Å²) in [5.41, 5.74) is 5.03. The van der Waals surface area contributed by atoms with Gasteiger partial charge in [0.2, 0.25) is 6.10 Å². The van der Waals surface area contributed by atoms with Gasteiger partial charge in [0.05, 0.1) is 0 Å². The zero-order valence-corrected chi connectivity index (χ0v) is 18.2. The van der Waals surface area contributed by atoms with Gasteiger partial charge in [0.1, 0.15) is 12.2 Å². The smallest absolute Gasteiger partial charge is 0.344 e. The van der Waals surface area contributed by atoms with Crippen molar-refractivity contribution in [2.45, 2.75) is 32.0 Å². The highest BCUT2D eigenvalue weighted by molar-refractivity contribution is 5.86. The van der Waals surface area contributed by atoms with Gasteiger partial charge in [-0.05, 0) is 32.0 Å². The fourth-order valence-corrected chi connectivity index (χ4v) is 3.42. The van der Waals surface area contributed by atoms with Gasteiger partial charge in [0.25, 0.3) is 11.8 Å². The Bertz CT molecular complexity index is 1070. The first-order valence-electron chi connectivity index (χ1n) is 10.4. The Morgan fingerprint density at radius 3 is 2.64 bits per heavy atom. The standard InChI is InChI=1S/C23H24N2O8/c1-23(2)10-14-6-5-9-17(21(14)33-23)30-13-20(27)31-12-19(26)24-25-22(28)18-11-29-15-7-3-4-8-16(15)32-18/h3-9,18H,10-13H2,1-2H3,(H,24,26)(H,25,28). The summed E-state index contributed by atoms with van der Waals surface area (Å²) >= 11 is 0. The molecule has 0 bridgehead atoms. The fourth-order valence-electron chi connectivity index (χ4n) is 3.42. The first kappa shape index (κ1) is 22.3. The monoisotopic (exact) mass is 456 g/mol. The van der Waals surface area contributed by atoms with Gasteiger partial charge in [-0.3, -0.25) is 20.4 Å². The van der Waals surface area contributed by atoms with Gasteiger partial charge in [-0.2, -0.15) is 0 Å². The highest BCUT2D eigenvalue weighted by Crippen LogP contribution is 2.41. The molecule has 33 heavy (non-hydrogen) atoms. The summed E-state index contributed by atoms with van der Waals surface area (Å²) in [4.78, 5) is 36.0. The summed E-state index contributed by atoms with van der Waals surface area (Å²) in [5.74, 6) is -0.0622. The number of ether oxygens (including phenoxy) is 5. The molecule has 2 aliphatic heterocycles. The molecule has 2 amide bonds. The second-order valence-electron chi connectivity index (χ2n) is 8.13. The van der Waals surface area contributed by atoms with Crippen LogP contribution in [-0.2, 0) is 25.5 Å². The van der Waals surface area contributed by atoms with E-state index in [9.17, 15) is 14.4 Å². The predicted octanol–water partition coefficient (Wildman–Crippen LogP) is 1.31. The number of hydrogen-bond acceptors (Lipinski definition) is 8. The number of para-hydroxylation sites is 3. The lowest BCUT2D eigenvalue weighted by Gasteiger charge is -2.25. The number of rotatable bonds is 6. The van der Waals surface area contributed by atoms with Gasteiger partial charge in [-0.1, -0.05) is 24.3 Å². The Labute approximate surface area is 190 Å². The maximum Gasteiger partial charge on any atom is 0.344 e. The molecule has 2 aromatic rings. The second kappa shape index (κ2) is 9.27. The molecule has 0 saturated heterocycles. The number of fused-ring (bicyclic) bond motifs is 2. The molecular formula is C23H24N2O8. The van der Waals surface area contributed by atoms with E-state index in [-0.39, 0.29) is 12.2 Å². The lowest BCUT2D eigenvalue weighted by Crippen LogP contribution is -2.51. The number of amides is 2. The number of carbonyl (C=O) groups is 3. The molecule has 2 aromatic carbocycles. The van der Waals surface area contributed by atoms with Crippen molar-refractivity contribution in [3.05, 3.63) is 48.0 Å². The third-order valence-electron chi connectivity index (χ3n) is 4.89. The largest absolute Gasteiger partial charge is 0.485 e. The molecule has 2 aliphatic rings. The van der Waals surface area contributed by atoms with Crippen molar-refractivity contribution in [1.29, 1.82) is 0 Å². The van der Waals surface area contributed by atoms with Crippen LogP contribution >= 0.6 is 0 Å². The van der Waals surface area contributed by atoms with E-state index in [0.717, 1.165) is 12.0 Å². The quantitative estimate of drug-likeness (QED) is 0.493. The van der Waals surface area contributed by atoms with Crippen molar-refractivity contribution < 1.29 is 38.1 Å². The van der Waals surface area contributed by atoms with E-state index in [1.165, 1.54) is 0 Å². The molecule has 0 radical (unpaired) electrons. The topological polar surface area (TPSA) is 121 Å². The van der Waals surface area contributed by atoms with Crippen LogP contribution in [0.4, 0.5) is 0 Å². The molecule has 1 atom stereocenters. The average Bonchev–Trinajstić information content (AvgIpc) is 3.13. The Kier molecular flexibility index (Phi) is 6.25. The van der Waals surface area contributed by atoms with Gasteiger partial charge >= 0.3 is 5.97 Å².